The molecule has 0 saturated carbocycles. The van der Waals surface area contributed by atoms with Crippen molar-refractivity contribution in [2.75, 3.05) is 29.3 Å². The number of rotatable bonds is 7. The van der Waals surface area contributed by atoms with Gasteiger partial charge in [-0.1, -0.05) is 35.9 Å². The van der Waals surface area contributed by atoms with E-state index in [1.807, 2.05) is 0 Å². The van der Waals surface area contributed by atoms with Crippen LogP contribution in [0, 0.1) is 0 Å². The van der Waals surface area contributed by atoms with Gasteiger partial charge in [-0.3, -0.25) is 13.9 Å². The van der Waals surface area contributed by atoms with Gasteiger partial charge in [-0.25, -0.2) is 8.42 Å². The normalized spacial score (nSPS) is 18.8. The fourth-order valence-corrected chi connectivity index (χ4v) is 6.01. The molecule has 5 rings (SSSR count). The summed E-state index contributed by atoms with van der Waals surface area (Å²) >= 11 is 5.94. The molecule has 0 bridgehead atoms. The maximum Gasteiger partial charge on any atom is 0.267 e. The molecule has 9 nitrogen and oxygen atoms in total. The Bertz CT molecular complexity index is 1440. The van der Waals surface area contributed by atoms with Gasteiger partial charge in [0, 0.05) is 18.2 Å². The number of carbonyl (C=O) groups is 2. The molecule has 0 radical (unpaired) electrons. The Morgan fingerprint density at radius 2 is 1.74 bits per heavy atom. The molecule has 0 spiro atoms. The van der Waals surface area contributed by atoms with Crippen molar-refractivity contribution in [1.82, 2.24) is 5.32 Å². The molecule has 198 valence electrons. The zero-order chi connectivity index (χ0) is 26.7. The van der Waals surface area contributed by atoms with Crippen LogP contribution in [0.5, 0.6) is 5.75 Å². The lowest BCUT2D eigenvalue weighted by molar-refractivity contribution is -0.122. The third-order valence-electron chi connectivity index (χ3n) is 6.37. The summed E-state index contributed by atoms with van der Waals surface area (Å²) in [7, 11) is -4.03. The number of benzene rings is 3. The lowest BCUT2D eigenvalue weighted by Crippen LogP contribution is -2.49. The average Bonchev–Trinajstić information content (AvgIpc) is 3.45. The van der Waals surface area contributed by atoms with Gasteiger partial charge >= 0.3 is 0 Å². The number of nitrogens with zero attached hydrogens (tertiary/aromatic N) is 1. The first kappa shape index (κ1) is 26.0. The second-order valence-corrected chi connectivity index (χ2v) is 11.2. The number of halogens is 1. The van der Waals surface area contributed by atoms with Gasteiger partial charge in [0.1, 0.15) is 5.75 Å². The van der Waals surface area contributed by atoms with Crippen LogP contribution in [0.4, 0.5) is 11.4 Å². The van der Waals surface area contributed by atoms with Crippen LogP contribution in [0.25, 0.3) is 0 Å². The van der Waals surface area contributed by atoms with Crippen molar-refractivity contribution in [3.05, 3.63) is 83.4 Å². The molecular weight excluding hydrogens is 530 g/mol. The van der Waals surface area contributed by atoms with Gasteiger partial charge in [0.2, 0.25) is 0 Å². The van der Waals surface area contributed by atoms with Gasteiger partial charge in [0.25, 0.3) is 21.8 Å². The van der Waals surface area contributed by atoms with Gasteiger partial charge in [0.15, 0.2) is 6.10 Å². The average molecular weight is 556 g/mol. The molecule has 2 heterocycles. The van der Waals surface area contributed by atoms with Crippen molar-refractivity contribution in [2.24, 2.45) is 0 Å². The van der Waals surface area contributed by atoms with Gasteiger partial charge in [-0.2, -0.15) is 0 Å². The molecule has 2 atom stereocenters. The fourth-order valence-electron chi connectivity index (χ4n) is 4.41. The fraction of sp³-hybridized carbons (Fsp3) is 0.259. The minimum Gasteiger partial charge on any atom is -0.476 e. The van der Waals surface area contributed by atoms with Crippen LogP contribution >= 0.6 is 11.6 Å². The van der Waals surface area contributed by atoms with E-state index in [0.29, 0.717) is 23.9 Å². The maximum atomic E-state index is 13.5. The third-order valence-corrected chi connectivity index (χ3v) is 8.42. The van der Waals surface area contributed by atoms with Crippen LogP contribution in [0.1, 0.15) is 23.2 Å². The number of hydrogen-bond donors (Lipinski definition) is 2. The van der Waals surface area contributed by atoms with Crippen molar-refractivity contribution >= 4 is 44.8 Å². The first-order valence-corrected chi connectivity index (χ1v) is 14.0. The quantitative estimate of drug-likeness (QED) is 0.458. The molecular formula is C27H26ClN3O6S. The Kier molecular flexibility index (Phi) is 7.55. The molecule has 38 heavy (non-hydrogen) atoms. The Morgan fingerprint density at radius 3 is 2.50 bits per heavy atom. The van der Waals surface area contributed by atoms with E-state index in [1.165, 1.54) is 24.3 Å². The van der Waals surface area contributed by atoms with Crippen molar-refractivity contribution in [2.45, 2.75) is 29.9 Å². The third kappa shape index (κ3) is 5.47. The highest BCUT2D eigenvalue weighted by Gasteiger charge is 2.37. The molecule has 0 unspecified atom stereocenters. The van der Waals surface area contributed by atoms with E-state index in [1.54, 1.807) is 48.5 Å². The number of amides is 2. The molecule has 2 N–H and O–H groups in total. The number of sulfonamides is 1. The molecule has 0 aliphatic carbocycles. The van der Waals surface area contributed by atoms with Crippen LogP contribution in [0.15, 0.2) is 77.7 Å². The van der Waals surface area contributed by atoms with E-state index in [4.69, 9.17) is 21.1 Å². The van der Waals surface area contributed by atoms with E-state index in [0.717, 1.165) is 17.1 Å². The van der Waals surface area contributed by atoms with E-state index in [9.17, 15) is 18.0 Å². The van der Waals surface area contributed by atoms with Crippen LogP contribution in [-0.2, 0) is 19.6 Å². The minimum absolute atomic E-state index is 0.0232. The first-order chi connectivity index (χ1) is 18.3. The first-order valence-electron chi connectivity index (χ1n) is 12.2. The summed E-state index contributed by atoms with van der Waals surface area (Å²) in [6.45, 7) is 0.796. The van der Waals surface area contributed by atoms with E-state index in [2.05, 4.69) is 10.6 Å². The molecule has 3 aromatic rings. The molecule has 11 heteroatoms. The number of hydrogen-bond acceptors (Lipinski definition) is 6. The number of ether oxygens (including phenoxy) is 2. The predicted molar refractivity (Wildman–Crippen MR) is 143 cm³/mol. The zero-order valence-electron chi connectivity index (χ0n) is 20.3. The number of carbonyl (C=O) groups excluding carboxylic acids is 2. The van der Waals surface area contributed by atoms with Crippen LogP contribution < -0.4 is 19.7 Å². The summed E-state index contributed by atoms with van der Waals surface area (Å²) in [4.78, 5) is 26.2. The van der Waals surface area contributed by atoms with Gasteiger partial charge in [-0.05, 0) is 61.4 Å². The summed E-state index contributed by atoms with van der Waals surface area (Å²) in [5.74, 6) is -0.688. The summed E-state index contributed by atoms with van der Waals surface area (Å²) in [5.41, 5.74) is 0.887. The van der Waals surface area contributed by atoms with E-state index < -0.39 is 22.0 Å². The highest BCUT2D eigenvalue weighted by atomic mass is 35.5. The van der Waals surface area contributed by atoms with Crippen molar-refractivity contribution in [3.63, 3.8) is 0 Å². The predicted octanol–water partition coefficient (Wildman–Crippen LogP) is 3.84. The van der Waals surface area contributed by atoms with Crippen LogP contribution in [-0.4, -0.2) is 52.1 Å². The molecule has 2 aliphatic heterocycles. The minimum atomic E-state index is -4.03. The molecule has 1 fully saturated rings. The van der Waals surface area contributed by atoms with Gasteiger partial charge < -0.3 is 20.1 Å². The largest absolute Gasteiger partial charge is 0.476 e. The van der Waals surface area contributed by atoms with Gasteiger partial charge in [-0.15, -0.1) is 0 Å². The number of anilines is 2. The molecule has 1 saturated heterocycles. The maximum absolute atomic E-state index is 13.5. The monoisotopic (exact) mass is 555 g/mol. The Hall–Kier alpha value is -3.60. The molecule has 0 aromatic heterocycles. The lowest BCUT2D eigenvalue weighted by Gasteiger charge is -2.34. The smallest absolute Gasteiger partial charge is 0.267 e. The summed E-state index contributed by atoms with van der Waals surface area (Å²) in [6.07, 6.45) is 0.650. The summed E-state index contributed by atoms with van der Waals surface area (Å²) in [5, 5.41) is 6.00. The Morgan fingerprint density at radius 1 is 1.00 bits per heavy atom. The Labute approximate surface area is 225 Å². The number of para-hydroxylation sites is 3. The van der Waals surface area contributed by atoms with Gasteiger partial charge in [0.05, 0.1) is 34.5 Å². The molecule has 2 amide bonds. The van der Waals surface area contributed by atoms with Crippen LogP contribution in [0.2, 0.25) is 5.02 Å². The number of fused-ring (bicyclic) bond motifs is 1. The second kappa shape index (κ2) is 11.0. The SMILES string of the molecule is O=C(NC[C@@H]1CCCO1)c1ccccc1NC(=O)[C@H]1CN(S(=O)(=O)c2ccc(Cl)cc2)c2ccccc2O1. The van der Waals surface area contributed by atoms with E-state index >= 15 is 0 Å². The summed E-state index contributed by atoms with van der Waals surface area (Å²) in [6, 6.07) is 19.0. The number of nitrogens with one attached hydrogen (secondary N) is 2. The van der Waals surface area contributed by atoms with Crippen molar-refractivity contribution in [1.29, 1.82) is 0 Å². The molecule has 3 aromatic carbocycles. The van der Waals surface area contributed by atoms with E-state index in [-0.39, 0.29) is 40.5 Å². The zero-order valence-corrected chi connectivity index (χ0v) is 21.9. The van der Waals surface area contributed by atoms with Crippen molar-refractivity contribution < 1.29 is 27.5 Å². The Balaban J connectivity index is 1.36. The standard InChI is InChI=1S/C27H26ClN3O6S/c28-18-11-13-20(14-12-18)38(34,35)31-17-25(37-24-10-4-3-9-23(24)31)27(33)30-22-8-2-1-7-21(22)26(32)29-16-19-6-5-15-36-19/h1-4,7-14,19,25H,5-6,15-17H2,(H,29,32)(H,30,33)/t19-,25+/m0/s1. The summed E-state index contributed by atoms with van der Waals surface area (Å²) < 4.78 is 39.7. The lowest BCUT2D eigenvalue weighted by atomic mass is 10.1. The highest BCUT2D eigenvalue weighted by Crippen LogP contribution is 2.37. The second-order valence-electron chi connectivity index (χ2n) is 8.94. The molecule has 2 aliphatic rings. The van der Waals surface area contributed by atoms with Crippen LogP contribution in [0.3, 0.4) is 0 Å². The van der Waals surface area contributed by atoms with Crippen molar-refractivity contribution in [3.8, 4) is 5.75 Å². The highest BCUT2D eigenvalue weighted by molar-refractivity contribution is 7.92. The topological polar surface area (TPSA) is 114 Å².